The van der Waals surface area contributed by atoms with Crippen molar-refractivity contribution in [3.05, 3.63) is 28.5 Å². The van der Waals surface area contributed by atoms with E-state index in [1.54, 1.807) is 0 Å². The molecule has 1 atom stereocenters. The Balaban J connectivity index is 2.38. The summed E-state index contributed by atoms with van der Waals surface area (Å²) in [5.41, 5.74) is 0. The molecule has 4 nitrogen and oxygen atoms in total. The Hall–Kier alpha value is -0.500. The van der Waals surface area contributed by atoms with Gasteiger partial charge < -0.3 is 5.11 Å². The summed E-state index contributed by atoms with van der Waals surface area (Å²) in [6, 6.07) is 3.35. The highest BCUT2D eigenvalue weighted by Crippen LogP contribution is 2.26. The molecule has 7 heteroatoms. The lowest BCUT2D eigenvalue weighted by atomic mass is 10.1. The number of halogens is 2. The molecule has 1 aromatic rings. The third-order valence-corrected chi connectivity index (χ3v) is 6.12. The molecular formula is C13H17BrFNO3S. The van der Waals surface area contributed by atoms with E-state index in [9.17, 15) is 17.9 Å². The van der Waals surface area contributed by atoms with E-state index in [2.05, 4.69) is 15.9 Å². The van der Waals surface area contributed by atoms with Crippen LogP contribution in [0, 0.1) is 5.82 Å². The van der Waals surface area contributed by atoms with Crippen LogP contribution >= 0.6 is 15.9 Å². The van der Waals surface area contributed by atoms with Gasteiger partial charge in [0, 0.05) is 12.6 Å². The standard InChI is InChI=1S/C13H17BrFNO3S/c14-12-6-5-11(8-13(12)15)20(18,19)16-7-3-1-2-4-10(16)9-17/h5-6,8,10,17H,1-4,7,9H2. The van der Waals surface area contributed by atoms with Crippen molar-refractivity contribution in [2.24, 2.45) is 0 Å². The Morgan fingerprint density at radius 1 is 1.35 bits per heavy atom. The molecule has 1 aliphatic heterocycles. The lowest BCUT2D eigenvalue weighted by Crippen LogP contribution is -2.42. The quantitative estimate of drug-likeness (QED) is 0.895. The molecule has 1 N–H and O–H groups in total. The largest absolute Gasteiger partial charge is 0.395 e. The zero-order chi connectivity index (χ0) is 14.8. The molecule has 0 bridgehead atoms. The number of nitrogens with zero attached hydrogens (tertiary/aromatic N) is 1. The highest BCUT2D eigenvalue weighted by atomic mass is 79.9. The Labute approximate surface area is 126 Å². The molecule has 0 radical (unpaired) electrons. The molecule has 0 aliphatic carbocycles. The van der Waals surface area contributed by atoms with Gasteiger partial charge in [0.05, 0.1) is 16.0 Å². The van der Waals surface area contributed by atoms with Crippen LogP contribution in [0.4, 0.5) is 4.39 Å². The van der Waals surface area contributed by atoms with Crippen LogP contribution in [0.3, 0.4) is 0 Å². The van der Waals surface area contributed by atoms with E-state index < -0.39 is 21.9 Å². The molecular weight excluding hydrogens is 349 g/mol. The van der Waals surface area contributed by atoms with E-state index in [1.807, 2.05) is 0 Å². The third-order valence-electron chi connectivity index (χ3n) is 3.53. The maximum atomic E-state index is 13.6. The number of hydrogen-bond acceptors (Lipinski definition) is 3. The first kappa shape index (κ1) is 15.9. The summed E-state index contributed by atoms with van der Waals surface area (Å²) in [7, 11) is -3.77. The average molecular weight is 366 g/mol. The first-order valence-corrected chi connectivity index (χ1v) is 8.78. The monoisotopic (exact) mass is 365 g/mol. The number of hydrogen-bond donors (Lipinski definition) is 1. The molecule has 20 heavy (non-hydrogen) atoms. The first-order chi connectivity index (χ1) is 9.46. The number of benzene rings is 1. The molecule has 1 aromatic carbocycles. The lowest BCUT2D eigenvalue weighted by molar-refractivity contribution is 0.186. The van der Waals surface area contributed by atoms with Gasteiger partial charge in [0.1, 0.15) is 5.82 Å². The van der Waals surface area contributed by atoms with Crippen molar-refractivity contribution in [2.45, 2.75) is 36.6 Å². The van der Waals surface area contributed by atoms with Gasteiger partial charge in [-0.15, -0.1) is 0 Å². The predicted molar refractivity (Wildman–Crippen MR) is 77.3 cm³/mol. The molecule has 1 heterocycles. The minimum atomic E-state index is -3.77. The van der Waals surface area contributed by atoms with Gasteiger partial charge >= 0.3 is 0 Å². The van der Waals surface area contributed by atoms with E-state index >= 15 is 0 Å². The van der Waals surface area contributed by atoms with Crippen LogP contribution in [0.5, 0.6) is 0 Å². The van der Waals surface area contributed by atoms with Crippen molar-refractivity contribution in [1.29, 1.82) is 0 Å². The van der Waals surface area contributed by atoms with Gasteiger partial charge in [-0.25, -0.2) is 12.8 Å². The smallest absolute Gasteiger partial charge is 0.243 e. The third kappa shape index (κ3) is 3.21. The van der Waals surface area contributed by atoms with Gasteiger partial charge in [0.25, 0.3) is 0 Å². The molecule has 1 aliphatic rings. The van der Waals surface area contributed by atoms with Crippen molar-refractivity contribution in [3.8, 4) is 0 Å². The molecule has 0 saturated carbocycles. The molecule has 1 saturated heterocycles. The minimum absolute atomic E-state index is 0.0708. The average Bonchev–Trinajstić information content (AvgIpc) is 2.67. The fraction of sp³-hybridized carbons (Fsp3) is 0.538. The van der Waals surface area contributed by atoms with E-state index in [1.165, 1.54) is 16.4 Å². The SMILES string of the molecule is O=S(=O)(c1ccc(Br)c(F)c1)N1CCCCCC1CO. The second kappa shape index (κ2) is 6.51. The minimum Gasteiger partial charge on any atom is -0.395 e. The summed E-state index contributed by atoms with van der Waals surface area (Å²) >= 11 is 3.01. The summed E-state index contributed by atoms with van der Waals surface area (Å²) in [6.07, 6.45) is 3.23. The Morgan fingerprint density at radius 2 is 2.10 bits per heavy atom. The van der Waals surface area contributed by atoms with Crippen LogP contribution in [-0.2, 0) is 10.0 Å². The van der Waals surface area contributed by atoms with Crippen molar-refractivity contribution < 1.29 is 17.9 Å². The van der Waals surface area contributed by atoms with E-state index in [0.717, 1.165) is 25.3 Å². The van der Waals surface area contributed by atoms with E-state index in [4.69, 9.17) is 0 Å². The lowest BCUT2D eigenvalue weighted by Gasteiger charge is -2.27. The second-order valence-electron chi connectivity index (χ2n) is 4.88. The maximum Gasteiger partial charge on any atom is 0.243 e. The molecule has 0 aromatic heterocycles. The van der Waals surface area contributed by atoms with Crippen molar-refractivity contribution in [3.63, 3.8) is 0 Å². The highest BCUT2D eigenvalue weighted by Gasteiger charge is 2.32. The van der Waals surface area contributed by atoms with Crippen LogP contribution in [0.1, 0.15) is 25.7 Å². The number of aliphatic hydroxyl groups excluding tert-OH is 1. The first-order valence-electron chi connectivity index (χ1n) is 6.54. The highest BCUT2D eigenvalue weighted by molar-refractivity contribution is 9.10. The van der Waals surface area contributed by atoms with Crippen LogP contribution in [-0.4, -0.2) is 37.0 Å². The van der Waals surface area contributed by atoms with Crippen molar-refractivity contribution in [2.75, 3.05) is 13.2 Å². The molecule has 0 spiro atoms. The van der Waals surface area contributed by atoms with Gasteiger partial charge in [-0.3, -0.25) is 0 Å². The second-order valence-corrected chi connectivity index (χ2v) is 7.62. The molecule has 112 valence electrons. The Bertz CT molecular complexity index is 579. The summed E-state index contributed by atoms with van der Waals surface area (Å²) in [5.74, 6) is -0.610. The maximum absolute atomic E-state index is 13.6. The summed E-state index contributed by atoms with van der Waals surface area (Å²) < 4.78 is 40.3. The van der Waals surface area contributed by atoms with Gasteiger partial charge in [-0.2, -0.15) is 4.31 Å². The van der Waals surface area contributed by atoms with Crippen molar-refractivity contribution >= 4 is 26.0 Å². The normalized spacial score (nSPS) is 21.6. The number of sulfonamides is 1. The summed E-state index contributed by atoms with van der Waals surface area (Å²) in [4.78, 5) is -0.0708. The fourth-order valence-electron chi connectivity index (χ4n) is 2.42. The number of rotatable bonds is 3. The molecule has 2 rings (SSSR count). The molecule has 1 unspecified atom stereocenters. The van der Waals surface area contributed by atoms with Crippen molar-refractivity contribution in [1.82, 2.24) is 4.31 Å². The van der Waals surface area contributed by atoms with Gasteiger partial charge in [-0.05, 0) is 47.0 Å². The summed E-state index contributed by atoms with van der Waals surface area (Å²) in [5, 5.41) is 9.41. The Kier molecular flexibility index (Phi) is 5.17. The zero-order valence-corrected chi connectivity index (χ0v) is 13.3. The predicted octanol–water partition coefficient (Wildman–Crippen LogP) is 2.51. The van der Waals surface area contributed by atoms with Gasteiger partial charge in [0.15, 0.2) is 0 Å². The van der Waals surface area contributed by atoms with Gasteiger partial charge in [0.2, 0.25) is 10.0 Å². The van der Waals surface area contributed by atoms with Gasteiger partial charge in [-0.1, -0.05) is 12.8 Å². The van der Waals surface area contributed by atoms with E-state index in [-0.39, 0.29) is 16.0 Å². The summed E-state index contributed by atoms with van der Waals surface area (Å²) in [6.45, 7) is 0.156. The fourth-order valence-corrected chi connectivity index (χ4v) is 4.37. The van der Waals surface area contributed by atoms with Crippen LogP contribution in [0.15, 0.2) is 27.6 Å². The van der Waals surface area contributed by atoms with Crippen LogP contribution < -0.4 is 0 Å². The van der Waals surface area contributed by atoms with Crippen LogP contribution in [0.2, 0.25) is 0 Å². The number of aliphatic hydroxyl groups is 1. The molecule has 1 fully saturated rings. The van der Waals surface area contributed by atoms with E-state index in [0.29, 0.717) is 13.0 Å². The Morgan fingerprint density at radius 3 is 2.75 bits per heavy atom. The molecule has 0 amide bonds. The topological polar surface area (TPSA) is 57.6 Å². The van der Waals surface area contributed by atoms with Crippen LogP contribution in [0.25, 0.3) is 0 Å². The zero-order valence-electron chi connectivity index (χ0n) is 10.9.